The second-order valence-corrected chi connectivity index (χ2v) is 9.80. The van der Waals surface area contributed by atoms with Crippen molar-refractivity contribution in [1.82, 2.24) is 15.1 Å². The summed E-state index contributed by atoms with van der Waals surface area (Å²) in [6.45, 7) is 2.70. The third-order valence-electron chi connectivity index (χ3n) is 7.66. The normalized spacial score (nSPS) is 19.6. The van der Waals surface area contributed by atoms with Crippen molar-refractivity contribution in [2.75, 3.05) is 37.7 Å². The number of halogens is 1. The fraction of sp³-hybridized carbons (Fsp3) is 0.296. The summed E-state index contributed by atoms with van der Waals surface area (Å²) in [6.07, 6.45) is 1.29. The van der Waals surface area contributed by atoms with Crippen molar-refractivity contribution in [1.29, 1.82) is 0 Å². The molecule has 0 saturated carbocycles. The van der Waals surface area contributed by atoms with Gasteiger partial charge in [-0.15, -0.1) is 0 Å². The van der Waals surface area contributed by atoms with Gasteiger partial charge in [0, 0.05) is 42.7 Å². The summed E-state index contributed by atoms with van der Waals surface area (Å²) in [5, 5.41) is 5.27. The highest BCUT2D eigenvalue weighted by Gasteiger charge is 2.50. The van der Waals surface area contributed by atoms with Gasteiger partial charge in [0.25, 0.3) is 11.8 Å². The van der Waals surface area contributed by atoms with Crippen molar-refractivity contribution in [3.05, 3.63) is 76.8 Å². The molecule has 2 saturated heterocycles. The minimum Gasteiger partial charge on any atom is -0.338 e. The summed E-state index contributed by atoms with van der Waals surface area (Å²) in [5.41, 5.74) is 1.38. The number of nitrogens with one attached hydrogen (secondary N) is 1. The summed E-state index contributed by atoms with van der Waals surface area (Å²) in [6, 6.07) is 18.7. The molecule has 3 amide bonds. The first-order valence-electron chi connectivity index (χ1n) is 11.9. The van der Waals surface area contributed by atoms with Gasteiger partial charge in [0.1, 0.15) is 5.54 Å². The molecule has 0 bridgehead atoms. The van der Waals surface area contributed by atoms with Gasteiger partial charge in [-0.2, -0.15) is 0 Å². The fourth-order valence-corrected chi connectivity index (χ4v) is 5.98. The lowest BCUT2D eigenvalue weighted by atomic mass is 9.85. The van der Waals surface area contributed by atoms with Gasteiger partial charge in [-0.05, 0) is 42.5 Å². The Morgan fingerprint density at radius 3 is 2.14 bits per heavy atom. The average molecular weight is 489 g/mol. The van der Waals surface area contributed by atoms with Crippen LogP contribution in [0.5, 0.6) is 0 Å². The number of rotatable bonds is 4. The van der Waals surface area contributed by atoms with E-state index < -0.39 is 5.54 Å². The molecule has 1 spiro atoms. The van der Waals surface area contributed by atoms with Crippen molar-refractivity contribution < 1.29 is 14.4 Å². The Balaban J connectivity index is 1.16. The van der Waals surface area contributed by atoms with E-state index in [0.717, 1.165) is 16.5 Å². The lowest BCUT2D eigenvalue weighted by molar-refractivity contribution is -0.125. The predicted molar refractivity (Wildman–Crippen MR) is 135 cm³/mol. The molecule has 8 heteroatoms. The molecule has 0 unspecified atom stereocenters. The first-order valence-corrected chi connectivity index (χ1v) is 12.3. The van der Waals surface area contributed by atoms with Gasteiger partial charge in [0.15, 0.2) is 0 Å². The van der Waals surface area contributed by atoms with Crippen LogP contribution >= 0.6 is 11.6 Å². The number of imide groups is 1. The number of amides is 3. The van der Waals surface area contributed by atoms with E-state index in [4.69, 9.17) is 11.6 Å². The number of nitrogens with zero attached hydrogens (tertiary/aromatic N) is 3. The van der Waals surface area contributed by atoms with E-state index in [1.807, 2.05) is 48.5 Å². The molecule has 3 aliphatic rings. The van der Waals surface area contributed by atoms with Gasteiger partial charge in [-0.25, -0.2) is 0 Å². The molecular formula is C27H25ClN4O3. The van der Waals surface area contributed by atoms with Crippen molar-refractivity contribution in [3.63, 3.8) is 0 Å². The summed E-state index contributed by atoms with van der Waals surface area (Å²) < 4.78 is 0. The number of para-hydroxylation sites is 1. The van der Waals surface area contributed by atoms with E-state index in [1.165, 1.54) is 4.90 Å². The summed E-state index contributed by atoms with van der Waals surface area (Å²) in [7, 11) is 0. The predicted octanol–water partition coefficient (Wildman–Crippen LogP) is 3.52. The van der Waals surface area contributed by atoms with Crippen molar-refractivity contribution in [2.45, 2.75) is 18.4 Å². The lowest BCUT2D eigenvalue weighted by Gasteiger charge is -2.43. The SMILES string of the molecule is O=C1c2cccc3cccc(c23)C(=O)N1CCN1CCC2(CC1)C(=O)NCN2c1ccccc1Cl. The smallest absolute Gasteiger partial charge is 0.261 e. The standard InChI is InChI=1S/C27H25ClN4O3/c28-21-9-1-2-10-22(21)32-17-29-26(35)27(32)11-13-30(14-12-27)15-16-31-24(33)19-7-3-5-18-6-4-8-20(23(18)19)25(31)34/h1-10H,11-17H2,(H,29,35). The summed E-state index contributed by atoms with van der Waals surface area (Å²) >= 11 is 6.45. The second kappa shape index (κ2) is 8.36. The number of likely N-dealkylation sites (tertiary alicyclic amines) is 1. The van der Waals surface area contributed by atoms with Crippen molar-refractivity contribution in [3.8, 4) is 0 Å². The zero-order valence-electron chi connectivity index (χ0n) is 19.2. The summed E-state index contributed by atoms with van der Waals surface area (Å²) in [5.74, 6) is -0.455. The van der Waals surface area contributed by atoms with Gasteiger partial charge in [0.05, 0.1) is 17.4 Å². The molecule has 3 aromatic rings. The maximum atomic E-state index is 13.2. The van der Waals surface area contributed by atoms with Gasteiger partial charge in [0.2, 0.25) is 5.91 Å². The number of carbonyl (C=O) groups is 3. The highest BCUT2D eigenvalue weighted by molar-refractivity contribution is 6.33. The van der Waals surface area contributed by atoms with Crippen LogP contribution in [0.2, 0.25) is 5.02 Å². The van der Waals surface area contributed by atoms with Crippen LogP contribution in [-0.2, 0) is 4.79 Å². The largest absolute Gasteiger partial charge is 0.338 e. The van der Waals surface area contributed by atoms with E-state index in [9.17, 15) is 14.4 Å². The Morgan fingerprint density at radius 2 is 1.49 bits per heavy atom. The van der Waals surface area contributed by atoms with E-state index in [-0.39, 0.29) is 17.7 Å². The molecule has 0 aromatic heterocycles. The first kappa shape index (κ1) is 22.1. The van der Waals surface area contributed by atoms with Crippen LogP contribution in [-0.4, -0.2) is 65.9 Å². The van der Waals surface area contributed by atoms with E-state index in [0.29, 0.717) is 61.8 Å². The van der Waals surface area contributed by atoms with Crippen LogP contribution in [0.25, 0.3) is 10.8 Å². The zero-order valence-corrected chi connectivity index (χ0v) is 19.9. The second-order valence-electron chi connectivity index (χ2n) is 9.39. The van der Waals surface area contributed by atoms with E-state index in [1.54, 1.807) is 12.1 Å². The molecule has 178 valence electrons. The highest BCUT2D eigenvalue weighted by Crippen LogP contribution is 2.39. The summed E-state index contributed by atoms with van der Waals surface area (Å²) in [4.78, 5) is 45.0. The molecule has 1 N–H and O–H groups in total. The lowest BCUT2D eigenvalue weighted by Crippen LogP contribution is -2.57. The molecule has 35 heavy (non-hydrogen) atoms. The topological polar surface area (TPSA) is 73.0 Å². The van der Waals surface area contributed by atoms with E-state index in [2.05, 4.69) is 15.1 Å². The maximum absolute atomic E-state index is 13.2. The third-order valence-corrected chi connectivity index (χ3v) is 7.98. The molecule has 0 radical (unpaired) electrons. The molecule has 3 aromatic carbocycles. The van der Waals surface area contributed by atoms with E-state index >= 15 is 0 Å². The Bertz CT molecular complexity index is 1310. The number of anilines is 1. The Morgan fingerprint density at radius 1 is 0.829 bits per heavy atom. The molecular weight excluding hydrogens is 464 g/mol. The van der Waals surface area contributed by atoms with Gasteiger partial charge in [-0.3, -0.25) is 19.3 Å². The minimum atomic E-state index is -0.632. The van der Waals surface area contributed by atoms with Crippen molar-refractivity contribution >= 4 is 45.8 Å². The van der Waals surface area contributed by atoms with Gasteiger partial charge >= 0.3 is 0 Å². The number of hydrogen-bond donors (Lipinski definition) is 1. The van der Waals surface area contributed by atoms with Gasteiger partial charge < -0.3 is 15.1 Å². The third kappa shape index (κ3) is 3.41. The number of piperidine rings is 1. The quantitative estimate of drug-likeness (QED) is 0.569. The van der Waals surface area contributed by atoms with Gasteiger partial charge in [-0.1, -0.05) is 48.0 Å². The molecule has 6 rings (SSSR count). The Labute approximate surface area is 208 Å². The van der Waals surface area contributed by atoms with Crippen LogP contribution < -0.4 is 10.2 Å². The molecule has 3 heterocycles. The molecule has 7 nitrogen and oxygen atoms in total. The van der Waals surface area contributed by atoms with Crippen LogP contribution in [0.1, 0.15) is 33.6 Å². The molecule has 0 aliphatic carbocycles. The zero-order chi connectivity index (χ0) is 24.2. The minimum absolute atomic E-state index is 0.0307. The first-order chi connectivity index (χ1) is 17.0. The molecule has 3 aliphatic heterocycles. The fourth-order valence-electron chi connectivity index (χ4n) is 5.74. The highest BCUT2D eigenvalue weighted by atomic mass is 35.5. The van der Waals surface area contributed by atoms with Crippen molar-refractivity contribution in [2.24, 2.45) is 0 Å². The monoisotopic (exact) mass is 488 g/mol. The number of carbonyl (C=O) groups excluding carboxylic acids is 3. The van der Waals surface area contributed by atoms with Crippen LogP contribution in [0, 0.1) is 0 Å². The number of hydrogen-bond acceptors (Lipinski definition) is 5. The Kier molecular flexibility index (Phi) is 5.27. The molecule has 2 fully saturated rings. The average Bonchev–Trinajstić information content (AvgIpc) is 3.18. The number of benzene rings is 3. The van der Waals surface area contributed by atoms with Crippen LogP contribution in [0.4, 0.5) is 5.69 Å². The van der Waals surface area contributed by atoms with Crippen LogP contribution in [0.3, 0.4) is 0 Å². The van der Waals surface area contributed by atoms with Crippen LogP contribution in [0.15, 0.2) is 60.7 Å². The Hall–Kier alpha value is -3.42. The molecule has 0 atom stereocenters. The maximum Gasteiger partial charge on any atom is 0.261 e.